The lowest BCUT2D eigenvalue weighted by molar-refractivity contribution is -0.141. The van der Waals surface area contributed by atoms with Crippen LogP contribution < -0.4 is 0 Å². The molecule has 0 spiro atoms. The van der Waals surface area contributed by atoms with E-state index in [2.05, 4.69) is 4.98 Å². The highest BCUT2D eigenvalue weighted by atomic mass is 35.5. The van der Waals surface area contributed by atoms with E-state index in [0.29, 0.717) is 10.5 Å². The number of esters is 1. The summed E-state index contributed by atoms with van der Waals surface area (Å²) in [5.41, 5.74) is 0.771. The van der Waals surface area contributed by atoms with E-state index >= 15 is 0 Å². The van der Waals surface area contributed by atoms with Crippen LogP contribution in [0.4, 0.5) is 0 Å². The molecule has 0 radical (unpaired) electrons. The third-order valence-electron chi connectivity index (χ3n) is 2.57. The van der Waals surface area contributed by atoms with Gasteiger partial charge in [0.25, 0.3) is 0 Å². The van der Waals surface area contributed by atoms with Crippen molar-refractivity contribution in [1.29, 1.82) is 0 Å². The molecule has 0 fully saturated rings. The van der Waals surface area contributed by atoms with E-state index < -0.39 is 5.97 Å². The van der Waals surface area contributed by atoms with Crippen molar-refractivity contribution in [1.82, 2.24) is 4.98 Å². The van der Waals surface area contributed by atoms with Crippen LogP contribution in [0.25, 0.3) is 10.9 Å². The number of pyridine rings is 1. The second-order valence-corrected chi connectivity index (χ2v) is 4.32. The van der Waals surface area contributed by atoms with Crippen LogP contribution in [-0.2, 0) is 9.53 Å². The Labute approximate surface area is 115 Å². The van der Waals surface area contributed by atoms with Crippen LogP contribution in [0.15, 0.2) is 30.3 Å². The van der Waals surface area contributed by atoms with Crippen molar-refractivity contribution in [3.05, 3.63) is 41.0 Å². The SMILES string of the molecule is CCOC(=O)CC(=O)c1ccc2cccc(Cl)c2n1. The first-order valence-corrected chi connectivity index (χ1v) is 6.23. The lowest BCUT2D eigenvalue weighted by Crippen LogP contribution is -2.12. The lowest BCUT2D eigenvalue weighted by Gasteiger charge is -2.04. The summed E-state index contributed by atoms with van der Waals surface area (Å²) in [4.78, 5) is 27.3. The minimum atomic E-state index is -0.548. The molecule has 0 saturated heterocycles. The number of fused-ring (bicyclic) bond motifs is 1. The number of aromatic nitrogens is 1. The van der Waals surface area contributed by atoms with Gasteiger partial charge < -0.3 is 4.74 Å². The van der Waals surface area contributed by atoms with Crippen LogP contribution in [-0.4, -0.2) is 23.3 Å². The van der Waals surface area contributed by atoms with Gasteiger partial charge in [-0.3, -0.25) is 9.59 Å². The fourth-order valence-corrected chi connectivity index (χ4v) is 1.92. The predicted octanol–water partition coefficient (Wildman–Crippen LogP) is 3.02. The second kappa shape index (κ2) is 5.80. The molecule has 98 valence electrons. The van der Waals surface area contributed by atoms with Crippen molar-refractivity contribution < 1.29 is 14.3 Å². The molecule has 19 heavy (non-hydrogen) atoms. The topological polar surface area (TPSA) is 56.3 Å². The lowest BCUT2D eigenvalue weighted by atomic mass is 10.1. The fourth-order valence-electron chi connectivity index (χ4n) is 1.70. The van der Waals surface area contributed by atoms with Gasteiger partial charge in [-0.25, -0.2) is 4.98 Å². The van der Waals surface area contributed by atoms with Crippen molar-refractivity contribution in [3.63, 3.8) is 0 Å². The van der Waals surface area contributed by atoms with Crippen LogP contribution in [0.1, 0.15) is 23.8 Å². The molecule has 2 aromatic rings. The molecule has 1 heterocycles. The number of ketones is 1. The van der Waals surface area contributed by atoms with Gasteiger partial charge in [0, 0.05) is 5.39 Å². The Morgan fingerprint density at radius 3 is 2.79 bits per heavy atom. The first-order chi connectivity index (χ1) is 9.11. The molecule has 5 heteroatoms. The largest absolute Gasteiger partial charge is 0.466 e. The zero-order valence-electron chi connectivity index (χ0n) is 10.4. The smallest absolute Gasteiger partial charge is 0.313 e. The number of hydrogen-bond acceptors (Lipinski definition) is 4. The van der Waals surface area contributed by atoms with Crippen LogP contribution in [0.3, 0.4) is 0 Å². The van der Waals surface area contributed by atoms with Gasteiger partial charge in [0.05, 0.1) is 17.1 Å². The van der Waals surface area contributed by atoms with Crippen LogP contribution in [0.5, 0.6) is 0 Å². The zero-order chi connectivity index (χ0) is 13.8. The summed E-state index contributed by atoms with van der Waals surface area (Å²) in [6.07, 6.45) is -0.309. The number of para-hydroxylation sites is 1. The molecule has 0 saturated carbocycles. The number of carbonyl (C=O) groups excluding carboxylic acids is 2. The summed E-state index contributed by atoms with van der Waals surface area (Å²) >= 11 is 6.02. The van der Waals surface area contributed by atoms with Crippen LogP contribution in [0, 0.1) is 0 Å². The summed E-state index contributed by atoms with van der Waals surface area (Å²) < 4.78 is 4.73. The monoisotopic (exact) mass is 277 g/mol. The van der Waals surface area contributed by atoms with E-state index in [1.165, 1.54) is 0 Å². The van der Waals surface area contributed by atoms with Crippen molar-refractivity contribution in [2.75, 3.05) is 6.61 Å². The maximum atomic E-state index is 11.9. The van der Waals surface area contributed by atoms with Crippen LogP contribution >= 0.6 is 11.6 Å². The Bertz CT molecular complexity index is 640. The number of Topliss-reactive ketones (excluding diaryl/α,β-unsaturated/α-hetero) is 1. The summed E-state index contributed by atoms with van der Waals surface area (Å²) in [7, 11) is 0. The number of carbonyl (C=O) groups is 2. The fraction of sp³-hybridized carbons (Fsp3) is 0.214. The van der Waals surface area contributed by atoms with E-state index in [4.69, 9.17) is 16.3 Å². The molecule has 0 unspecified atom stereocenters. The highest BCUT2D eigenvalue weighted by molar-refractivity contribution is 6.35. The number of hydrogen-bond donors (Lipinski definition) is 0. The normalized spacial score (nSPS) is 10.4. The standard InChI is InChI=1S/C14H12ClNO3/c1-2-19-13(18)8-12(17)11-7-6-9-4-3-5-10(15)14(9)16-11/h3-7H,2,8H2,1H3. The number of halogens is 1. The number of benzene rings is 1. The minimum Gasteiger partial charge on any atom is -0.466 e. The van der Waals surface area contributed by atoms with Gasteiger partial charge in [0.2, 0.25) is 0 Å². The van der Waals surface area contributed by atoms with E-state index in [0.717, 1.165) is 5.39 Å². The minimum absolute atomic E-state index is 0.216. The summed E-state index contributed by atoms with van der Waals surface area (Å²) in [5, 5.41) is 1.32. The van der Waals surface area contributed by atoms with Gasteiger partial charge in [0.1, 0.15) is 12.1 Å². The molecule has 0 N–H and O–H groups in total. The Morgan fingerprint density at radius 2 is 2.05 bits per heavy atom. The van der Waals surface area contributed by atoms with Crippen molar-refractivity contribution >= 4 is 34.3 Å². The zero-order valence-corrected chi connectivity index (χ0v) is 11.1. The molecule has 0 atom stereocenters. The molecular formula is C14H12ClNO3. The average molecular weight is 278 g/mol. The first-order valence-electron chi connectivity index (χ1n) is 5.86. The molecule has 0 amide bonds. The van der Waals surface area contributed by atoms with Crippen molar-refractivity contribution in [3.8, 4) is 0 Å². The van der Waals surface area contributed by atoms with Gasteiger partial charge in [-0.15, -0.1) is 0 Å². The van der Waals surface area contributed by atoms with Gasteiger partial charge in [-0.2, -0.15) is 0 Å². The Balaban J connectivity index is 2.28. The molecule has 0 aliphatic rings. The summed E-state index contributed by atoms with van der Waals surface area (Å²) in [6.45, 7) is 1.94. The van der Waals surface area contributed by atoms with Crippen LogP contribution in [0.2, 0.25) is 5.02 Å². The van der Waals surface area contributed by atoms with Gasteiger partial charge in [-0.05, 0) is 19.1 Å². The maximum absolute atomic E-state index is 11.9. The summed E-state index contributed by atoms with van der Waals surface area (Å²) in [5.74, 6) is -0.922. The maximum Gasteiger partial charge on any atom is 0.313 e. The molecule has 1 aromatic heterocycles. The Morgan fingerprint density at radius 1 is 1.26 bits per heavy atom. The number of ether oxygens (including phenoxy) is 1. The molecular weight excluding hydrogens is 266 g/mol. The number of nitrogens with zero attached hydrogens (tertiary/aromatic N) is 1. The highest BCUT2D eigenvalue weighted by Crippen LogP contribution is 2.21. The second-order valence-electron chi connectivity index (χ2n) is 3.91. The molecule has 0 aliphatic heterocycles. The molecule has 0 bridgehead atoms. The molecule has 2 rings (SSSR count). The third-order valence-corrected chi connectivity index (χ3v) is 2.87. The van der Waals surface area contributed by atoms with E-state index in [1.807, 2.05) is 12.1 Å². The molecule has 0 aliphatic carbocycles. The highest BCUT2D eigenvalue weighted by Gasteiger charge is 2.14. The van der Waals surface area contributed by atoms with E-state index in [-0.39, 0.29) is 24.5 Å². The van der Waals surface area contributed by atoms with Gasteiger partial charge in [-0.1, -0.05) is 29.8 Å². The van der Waals surface area contributed by atoms with Crippen molar-refractivity contribution in [2.45, 2.75) is 13.3 Å². The average Bonchev–Trinajstić information content (AvgIpc) is 2.39. The van der Waals surface area contributed by atoms with E-state index in [1.54, 1.807) is 25.1 Å². The van der Waals surface area contributed by atoms with Gasteiger partial charge >= 0.3 is 5.97 Å². The number of rotatable bonds is 4. The summed E-state index contributed by atoms with van der Waals surface area (Å²) in [6, 6.07) is 8.71. The molecule has 1 aromatic carbocycles. The van der Waals surface area contributed by atoms with Gasteiger partial charge in [0.15, 0.2) is 5.78 Å². The first kappa shape index (κ1) is 13.5. The third kappa shape index (κ3) is 3.09. The predicted molar refractivity (Wildman–Crippen MR) is 72.3 cm³/mol. The molecule has 4 nitrogen and oxygen atoms in total. The van der Waals surface area contributed by atoms with Crippen molar-refractivity contribution in [2.24, 2.45) is 0 Å². The Kier molecular flexibility index (Phi) is 4.12. The van der Waals surface area contributed by atoms with E-state index in [9.17, 15) is 9.59 Å². The quantitative estimate of drug-likeness (QED) is 0.490. The Hall–Kier alpha value is -1.94.